The summed E-state index contributed by atoms with van der Waals surface area (Å²) >= 11 is 3.45. The lowest BCUT2D eigenvalue weighted by Gasteiger charge is -2.07. The molecule has 1 rings (SSSR count). The summed E-state index contributed by atoms with van der Waals surface area (Å²) in [4.78, 5) is 11.8. The van der Waals surface area contributed by atoms with E-state index in [2.05, 4.69) is 21.0 Å². The normalized spacial score (nSPS) is 12.8. The van der Waals surface area contributed by atoms with Gasteiger partial charge in [-0.05, 0) is 29.3 Å². The molecule has 4 nitrogen and oxygen atoms in total. The van der Waals surface area contributed by atoms with Crippen molar-refractivity contribution in [3.8, 4) is 0 Å². The number of carbonyl (C=O) groups is 1. The van der Waals surface area contributed by atoms with Crippen LogP contribution in [0.25, 0.3) is 0 Å². The van der Waals surface area contributed by atoms with Crippen molar-refractivity contribution in [1.29, 1.82) is 0 Å². The number of halogens is 1. The zero-order chi connectivity index (χ0) is 12.3. The fourth-order valence-electron chi connectivity index (χ4n) is 1.57. The molecule has 0 fully saturated rings. The minimum absolute atomic E-state index is 0.0272. The van der Waals surface area contributed by atoms with Gasteiger partial charge in [0.1, 0.15) is 5.78 Å². The number of carbonyl (C=O) groups excluding carboxylic acids is 1. The van der Waals surface area contributed by atoms with E-state index in [0.29, 0.717) is 12.8 Å². The zero-order valence-electron chi connectivity index (χ0n) is 9.96. The van der Waals surface area contributed by atoms with Crippen molar-refractivity contribution >= 4 is 21.7 Å². The van der Waals surface area contributed by atoms with Crippen LogP contribution in [0.1, 0.15) is 31.2 Å². The highest BCUT2D eigenvalue weighted by molar-refractivity contribution is 9.10. The lowest BCUT2D eigenvalue weighted by Crippen LogP contribution is -2.24. The van der Waals surface area contributed by atoms with Gasteiger partial charge in [0.2, 0.25) is 0 Å². The van der Waals surface area contributed by atoms with Crippen LogP contribution in [0.3, 0.4) is 0 Å². The topological polar surface area (TPSA) is 60.9 Å². The summed E-state index contributed by atoms with van der Waals surface area (Å²) in [5.41, 5.74) is 7.58. The van der Waals surface area contributed by atoms with Gasteiger partial charge in [-0.15, -0.1) is 0 Å². The predicted octanol–water partition coefficient (Wildman–Crippen LogP) is 1.73. The molecule has 16 heavy (non-hydrogen) atoms. The van der Waals surface area contributed by atoms with Gasteiger partial charge in [0.05, 0.1) is 15.9 Å². The molecule has 1 heterocycles. The molecular formula is C11H18BrN3O. The van der Waals surface area contributed by atoms with Crippen LogP contribution in [0, 0.1) is 6.92 Å². The van der Waals surface area contributed by atoms with Crippen molar-refractivity contribution in [2.45, 2.75) is 39.2 Å². The summed E-state index contributed by atoms with van der Waals surface area (Å²) in [5.74, 6) is 0.165. The Balaban J connectivity index is 2.70. The quantitative estimate of drug-likeness (QED) is 0.897. The number of nitrogens with zero attached hydrogens (tertiary/aromatic N) is 2. The fourth-order valence-corrected chi connectivity index (χ4v) is 2.04. The first-order valence-corrected chi connectivity index (χ1v) is 6.20. The van der Waals surface area contributed by atoms with E-state index in [-0.39, 0.29) is 11.8 Å². The lowest BCUT2D eigenvalue weighted by atomic mass is 10.1. The molecule has 1 atom stereocenters. The number of nitrogens with two attached hydrogens (primary N) is 1. The van der Waals surface area contributed by atoms with E-state index in [0.717, 1.165) is 22.3 Å². The molecule has 90 valence electrons. The van der Waals surface area contributed by atoms with Crippen molar-refractivity contribution in [2.24, 2.45) is 12.8 Å². The van der Waals surface area contributed by atoms with Gasteiger partial charge in [0.15, 0.2) is 0 Å². The molecule has 0 amide bonds. The first kappa shape index (κ1) is 13.4. The Kier molecular flexibility index (Phi) is 4.68. The summed E-state index contributed by atoms with van der Waals surface area (Å²) < 4.78 is 2.67. The number of hydrogen-bond donors (Lipinski definition) is 1. The maximum Gasteiger partial charge on any atom is 0.140 e. The van der Waals surface area contributed by atoms with Crippen LogP contribution in [0.4, 0.5) is 0 Å². The van der Waals surface area contributed by atoms with E-state index < -0.39 is 0 Å². The van der Waals surface area contributed by atoms with Crippen LogP contribution in [0.2, 0.25) is 0 Å². The first-order chi connectivity index (χ1) is 7.45. The minimum atomic E-state index is -0.0272. The third-order valence-electron chi connectivity index (χ3n) is 2.64. The number of aryl methyl sites for hydroxylation is 2. The van der Waals surface area contributed by atoms with E-state index in [1.165, 1.54) is 0 Å². The van der Waals surface area contributed by atoms with Gasteiger partial charge >= 0.3 is 0 Å². The molecule has 0 aliphatic rings. The number of ketones is 1. The van der Waals surface area contributed by atoms with E-state index in [1.54, 1.807) is 4.68 Å². The van der Waals surface area contributed by atoms with E-state index in [9.17, 15) is 4.79 Å². The molecule has 0 aromatic carbocycles. The standard InChI is InChI=1S/C11H18BrN3O/c1-4-8(13)5-9(16)6-10-11(12)7(2)14-15(10)3/h8H,4-6,13H2,1-3H3. The summed E-state index contributed by atoms with van der Waals surface area (Å²) in [6.45, 7) is 3.90. The predicted molar refractivity (Wildman–Crippen MR) is 67.2 cm³/mol. The first-order valence-electron chi connectivity index (χ1n) is 5.41. The Morgan fingerprint density at radius 3 is 2.69 bits per heavy atom. The Hall–Kier alpha value is -0.680. The largest absolute Gasteiger partial charge is 0.327 e. The molecule has 0 saturated heterocycles. The SMILES string of the molecule is CCC(N)CC(=O)Cc1c(Br)c(C)nn1C. The Morgan fingerprint density at radius 2 is 2.25 bits per heavy atom. The highest BCUT2D eigenvalue weighted by atomic mass is 79.9. The summed E-state index contributed by atoms with van der Waals surface area (Å²) in [5, 5.41) is 4.25. The third-order valence-corrected chi connectivity index (χ3v) is 3.67. The molecule has 1 aromatic rings. The molecule has 0 bridgehead atoms. The molecule has 0 radical (unpaired) electrons. The van der Waals surface area contributed by atoms with Crippen LogP contribution in [0.5, 0.6) is 0 Å². The van der Waals surface area contributed by atoms with Gasteiger partial charge in [0.25, 0.3) is 0 Å². The lowest BCUT2D eigenvalue weighted by molar-refractivity contribution is -0.118. The van der Waals surface area contributed by atoms with Gasteiger partial charge in [-0.1, -0.05) is 6.92 Å². The number of rotatable bonds is 5. The third kappa shape index (κ3) is 3.15. The Bertz CT molecular complexity index is 387. The Morgan fingerprint density at radius 1 is 1.62 bits per heavy atom. The van der Waals surface area contributed by atoms with Crippen LogP contribution in [0.15, 0.2) is 4.47 Å². The maximum atomic E-state index is 11.8. The molecule has 5 heteroatoms. The van der Waals surface area contributed by atoms with Gasteiger partial charge in [-0.2, -0.15) is 5.10 Å². The van der Waals surface area contributed by atoms with Crippen LogP contribution < -0.4 is 5.73 Å². The van der Waals surface area contributed by atoms with Crippen LogP contribution in [-0.4, -0.2) is 21.6 Å². The van der Waals surface area contributed by atoms with Crippen molar-refractivity contribution in [1.82, 2.24) is 9.78 Å². The molecule has 1 aromatic heterocycles. The highest BCUT2D eigenvalue weighted by Crippen LogP contribution is 2.21. The molecule has 2 N–H and O–H groups in total. The van der Waals surface area contributed by atoms with Crippen molar-refractivity contribution in [3.63, 3.8) is 0 Å². The number of hydrogen-bond acceptors (Lipinski definition) is 3. The second kappa shape index (κ2) is 5.59. The highest BCUT2D eigenvalue weighted by Gasteiger charge is 2.15. The Labute approximate surface area is 104 Å². The molecular weight excluding hydrogens is 270 g/mol. The zero-order valence-corrected chi connectivity index (χ0v) is 11.5. The minimum Gasteiger partial charge on any atom is -0.327 e. The van der Waals surface area contributed by atoms with Crippen LogP contribution in [-0.2, 0) is 18.3 Å². The molecule has 0 spiro atoms. The van der Waals surface area contributed by atoms with Gasteiger partial charge in [-0.3, -0.25) is 9.48 Å². The molecule has 0 saturated carbocycles. The van der Waals surface area contributed by atoms with E-state index in [4.69, 9.17) is 5.73 Å². The smallest absolute Gasteiger partial charge is 0.140 e. The van der Waals surface area contributed by atoms with Gasteiger partial charge in [0, 0.05) is 25.9 Å². The second-order valence-electron chi connectivity index (χ2n) is 4.06. The molecule has 0 aliphatic heterocycles. The molecule has 1 unspecified atom stereocenters. The molecule has 0 aliphatic carbocycles. The van der Waals surface area contributed by atoms with Crippen LogP contribution >= 0.6 is 15.9 Å². The maximum absolute atomic E-state index is 11.8. The van der Waals surface area contributed by atoms with E-state index >= 15 is 0 Å². The van der Waals surface area contributed by atoms with E-state index in [1.807, 2.05) is 20.9 Å². The average molecular weight is 288 g/mol. The average Bonchev–Trinajstić information content (AvgIpc) is 2.45. The number of Topliss-reactive ketones (excluding diaryl/α,β-unsaturated/α-hetero) is 1. The fraction of sp³-hybridized carbons (Fsp3) is 0.636. The van der Waals surface area contributed by atoms with Crippen molar-refractivity contribution in [3.05, 3.63) is 15.9 Å². The summed E-state index contributed by atoms with van der Waals surface area (Å²) in [6.07, 6.45) is 1.66. The monoisotopic (exact) mass is 287 g/mol. The number of aromatic nitrogens is 2. The van der Waals surface area contributed by atoms with Crippen molar-refractivity contribution in [2.75, 3.05) is 0 Å². The van der Waals surface area contributed by atoms with Gasteiger partial charge in [-0.25, -0.2) is 0 Å². The summed E-state index contributed by atoms with van der Waals surface area (Å²) in [7, 11) is 1.85. The van der Waals surface area contributed by atoms with Gasteiger partial charge < -0.3 is 5.73 Å². The second-order valence-corrected chi connectivity index (χ2v) is 4.85. The van der Waals surface area contributed by atoms with Crippen molar-refractivity contribution < 1.29 is 4.79 Å². The summed E-state index contributed by atoms with van der Waals surface area (Å²) in [6, 6.07) is -0.0272.